The largest absolute Gasteiger partial charge is 0.416 e. The number of carbonyl (C=O) groups excluding carboxylic acids is 1. The smallest absolute Gasteiger partial charge is 0.287 e. The standard InChI is InChI=1S/C32H12BF24.C17H13FNO/c34-25(35,36)13-1-14(26(37,38)39)6-21(5-13)33(22-7-15(27(40,41)42)2-16(8-22)28(43,44)45,23-9-17(29(46,47)48)3-18(10-23)30(49,50)51)24-11-19(31(52,53)54)4-20(12-24)32(55,56)57;18-17-11-10-13-6-4-5-9-15(13)19(17)12-16(20)14-7-2-1-3-8-14/h1-12H;1-11H,12H2/q-1;+1. The molecule has 0 spiro atoms. The number of benzene rings is 6. The second-order valence-electron chi connectivity index (χ2n) is 16.8. The maximum absolute atomic E-state index is 14.2. The number of Topliss-reactive ketones (excluding diaryl/α,β-unsaturated/α-hetero) is 1. The second kappa shape index (κ2) is 20.3. The molecule has 77 heavy (non-hydrogen) atoms. The van der Waals surface area contributed by atoms with Crippen LogP contribution in [0.3, 0.4) is 0 Å². The molecule has 0 bridgehead atoms. The highest BCUT2D eigenvalue weighted by Crippen LogP contribution is 2.41. The molecule has 7 aromatic rings. The van der Waals surface area contributed by atoms with E-state index in [0.717, 1.165) is 10.9 Å². The predicted octanol–water partition coefficient (Wildman–Crippen LogP) is 14.4. The molecule has 6 aromatic carbocycles. The summed E-state index contributed by atoms with van der Waals surface area (Å²) in [5.74, 6) is -0.515. The van der Waals surface area contributed by atoms with Crippen LogP contribution in [0.2, 0.25) is 0 Å². The number of hydrogen-bond donors (Lipinski definition) is 0. The summed E-state index contributed by atoms with van der Waals surface area (Å²) >= 11 is 0. The van der Waals surface area contributed by atoms with Crippen molar-refractivity contribution in [3.63, 3.8) is 0 Å². The molecule has 0 radical (unpaired) electrons. The Morgan fingerprint density at radius 1 is 0.338 bits per heavy atom. The van der Waals surface area contributed by atoms with Crippen LogP contribution in [0.1, 0.15) is 54.9 Å². The molecule has 0 saturated carbocycles. The highest BCUT2D eigenvalue weighted by molar-refractivity contribution is 7.20. The number of fused-ring (bicyclic) bond motifs is 1. The third-order valence-corrected chi connectivity index (χ3v) is 11.7. The minimum Gasteiger partial charge on any atom is -0.287 e. The average molecular weight is 1130 g/mol. The maximum atomic E-state index is 14.2. The first kappa shape index (κ1) is 59.0. The summed E-state index contributed by atoms with van der Waals surface area (Å²) in [5, 5.41) is 0.912. The van der Waals surface area contributed by atoms with Gasteiger partial charge >= 0.3 is 55.4 Å². The van der Waals surface area contributed by atoms with Gasteiger partial charge in [-0.05, 0) is 36.4 Å². The van der Waals surface area contributed by atoms with Crippen LogP contribution in [0.25, 0.3) is 10.9 Å². The Balaban J connectivity index is 0.000000397. The molecular formula is C49H25BF25NO. The van der Waals surface area contributed by atoms with Gasteiger partial charge in [-0.15, -0.1) is 4.39 Å². The summed E-state index contributed by atoms with van der Waals surface area (Å²) < 4.78 is 356. The molecule has 0 aliphatic heterocycles. The van der Waals surface area contributed by atoms with Crippen molar-refractivity contribution in [3.05, 3.63) is 196 Å². The fraction of sp³-hybridized carbons (Fsp3) is 0.184. The second-order valence-corrected chi connectivity index (χ2v) is 16.8. The molecule has 0 saturated heterocycles. The molecule has 0 amide bonds. The van der Waals surface area contributed by atoms with Gasteiger partial charge in [0.25, 0.3) is 0 Å². The summed E-state index contributed by atoms with van der Waals surface area (Å²) in [4.78, 5) is 12.2. The van der Waals surface area contributed by atoms with E-state index in [1.54, 1.807) is 30.3 Å². The molecule has 0 atom stereocenters. The summed E-state index contributed by atoms with van der Waals surface area (Å²) in [6.07, 6.45) is -54.8. The van der Waals surface area contributed by atoms with E-state index in [9.17, 15) is 115 Å². The fourth-order valence-corrected chi connectivity index (χ4v) is 8.33. The van der Waals surface area contributed by atoms with Gasteiger partial charge in [0, 0.05) is 23.1 Å². The third-order valence-electron chi connectivity index (χ3n) is 11.7. The van der Waals surface area contributed by atoms with Crippen molar-refractivity contribution >= 4 is 44.7 Å². The van der Waals surface area contributed by atoms with Crippen LogP contribution < -0.4 is 26.4 Å². The number of halogens is 25. The van der Waals surface area contributed by atoms with Crippen molar-refractivity contribution in [2.75, 3.05) is 0 Å². The van der Waals surface area contributed by atoms with Crippen LogP contribution in [0, 0.1) is 5.95 Å². The number of nitrogens with zero attached hydrogens (tertiary/aromatic N) is 1. The van der Waals surface area contributed by atoms with Gasteiger partial charge < -0.3 is 0 Å². The van der Waals surface area contributed by atoms with Gasteiger partial charge in [-0.3, -0.25) is 4.79 Å². The number of para-hydroxylation sites is 1. The van der Waals surface area contributed by atoms with Crippen molar-refractivity contribution in [2.24, 2.45) is 0 Å². The number of hydrogen-bond acceptors (Lipinski definition) is 1. The van der Waals surface area contributed by atoms with Crippen LogP contribution in [0.5, 0.6) is 0 Å². The lowest BCUT2D eigenvalue weighted by molar-refractivity contribution is -0.686. The Morgan fingerprint density at radius 3 is 0.870 bits per heavy atom. The SMILES string of the molecule is FC(F)(F)c1cc([B-](c2cc(C(F)(F)F)cc(C(F)(F)F)c2)(c2cc(C(F)(F)F)cc(C(F)(F)F)c2)c2cc(C(F)(F)F)cc(C(F)(F)F)c2)cc(C(F)(F)F)c1.O=C(C[n+]1c(F)ccc2ccccc21)c1ccccc1. The van der Waals surface area contributed by atoms with E-state index < -0.39 is 201 Å². The third kappa shape index (κ3) is 13.1. The van der Waals surface area contributed by atoms with E-state index in [1.807, 2.05) is 30.3 Å². The summed E-state index contributed by atoms with van der Waals surface area (Å²) in [6, 6.07) is 10.7. The first-order valence-corrected chi connectivity index (χ1v) is 21.0. The highest BCUT2D eigenvalue weighted by atomic mass is 19.4. The summed E-state index contributed by atoms with van der Waals surface area (Å²) in [6.45, 7) is -0.00278. The van der Waals surface area contributed by atoms with E-state index in [4.69, 9.17) is 0 Å². The Bertz CT molecular complexity index is 2870. The molecule has 1 heterocycles. The molecule has 0 N–H and O–H groups in total. The fourth-order valence-electron chi connectivity index (χ4n) is 8.33. The molecule has 0 aliphatic rings. The Morgan fingerprint density at radius 2 is 0.597 bits per heavy atom. The van der Waals surface area contributed by atoms with Crippen LogP contribution >= 0.6 is 0 Å². The van der Waals surface area contributed by atoms with Crippen molar-refractivity contribution < 1.29 is 119 Å². The van der Waals surface area contributed by atoms with E-state index in [1.165, 1.54) is 10.6 Å². The van der Waals surface area contributed by atoms with Crippen LogP contribution in [0.4, 0.5) is 110 Å². The summed E-state index contributed by atoms with van der Waals surface area (Å²) in [7, 11) is 0. The van der Waals surface area contributed by atoms with Crippen LogP contribution in [-0.2, 0) is 56.0 Å². The first-order valence-electron chi connectivity index (χ1n) is 21.0. The van der Waals surface area contributed by atoms with Gasteiger partial charge in [0.05, 0.1) is 44.5 Å². The molecule has 0 fully saturated rings. The molecule has 7 rings (SSSR count). The van der Waals surface area contributed by atoms with Gasteiger partial charge in [-0.2, -0.15) is 132 Å². The van der Waals surface area contributed by atoms with Crippen molar-refractivity contribution in [2.45, 2.75) is 56.0 Å². The number of alkyl halides is 24. The van der Waals surface area contributed by atoms with Crippen molar-refractivity contribution in [1.82, 2.24) is 0 Å². The highest BCUT2D eigenvalue weighted by Gasteiger charge is 2.47. The molecule has 2 nitrogen and oxygen atoms in total. The van der Waals surface area contributed by atoms with E-state index >= 15 is 0 Å². The van der Waals surface area contributed by atoms with Crippen molar-refractivity contribution in [3.8, 4) is 0 Å². The molecule has 28 heteroatoms. The number of aromatic nitrogens is 1. The molecule has 410 valence electrons. The zero-order chi connectivity index (χ0) is 57.9. The Labute approximate surface area is 414 Å². The monoisotopic (exact) mass is 1130 g/mol. The molecule has 0 aliphatic carbocycles. The topological polar surface area (TPSA) is 20.9 Å². The average Bonchev–Trinajstić information content (AvgIpc) is 3.30. The van der Waals surface area contributed by atoms with Crippen LogP contribution in [-0.4, -0.2) is 11.9 Å². The van der Waals surface area contributed by atoms with E-state index in [-0.39, 0.29) is 12.3 Å². The van der Waals surface area contributed by atoms with Crippen molar-refractivity contribution in [1.29, 1.82) is 0 Å². The molecular weight excluding hydrogens is 1100 g/mol. The lowest BCUT2D eigenvalue weighted by Gasteiger charge is -2.46. The van der Waals surface area contributed by atoms with Gasteiger partial charge in [0.1, 0.15) is 6.15 Å². The number of carbonyl (C=O) groups is 1. The zero-order valence-corrected chi connectivity index (χ0v) is 37.4. The lowest BCUT2D eigenvalue weighted by Crippen LogP contribution is -2.75. The predicted molar refractivity (Wildman–Crippen MR) is 225 cm³/mol. The lowest BCUT2D eigenvalue weighted by atomic mass is 9.12. The van der Waals surface area contributed by atoms with Crippen LogP contribution in [0.15, 0.2) is 140 Å². The van der Waals surface area contributed by atoms with Gasteiger partial charge in [-0.1, -0.05) is 91.0 Å². The summed E-state index contributed by atoms with van der Waals surface area (Å²) in [5.41, 5.74) is -28.9. The molecule has 1 aromatic heterocycles. The first-order chi connectivity index (χ1) is 35.0. The Kier molecular flexibility index (Phi) is 15.5. The number of rotatable bonds is 7. The number of pyridine rings is 1. The Hall–Kier alpha value is -7.29. The number of ketones is 1. The van der Waals surface area contributed by atoms with Gasteiger partial charge in [0.2, 0.25) is 17.8 Å². The normalized spacial score (nSPS) is 13.4. The molecule has 0 unspecified atom stereocenters. The minimum atomic E-state index is -6.13. The van der Waals surface area contributed by atoms with Gasteiger partial charge in [-0.25, -0.2) is 0 Å². The minimum absolute atomic E-state index is 0.00278. The van der Waals surface area contributed by atoms with E-state index in [0.29, 0.717) is 5.56 Å². The zero-order valence-electron chi connectivity index (χ0n) is 37.4. The van der Waals surface area contributed by atoms with E-state index in [2.05, 4.69) is 0 Å². The van der Waals surface area contributed by atoms with Gasteiger partial charge in [0.15, 0.2) is 0 Å². The quantitative estimate of drug-likeness (QED) is 0.0512. The maximum Gasteiger partial charge on any atom is 0.416 e.